The van der Waals surface area contributed by atoms with E-state index in [0.717, 1.165) is 10.7 Å². The molecule has 19 heavy (non-hydrogen) atoms. The first-order valence-electron chi connectivity index (χ1n) is 6.16. The van der Waals surface area contributed by atoms with Gasteiger partial charge in [-0.3, -0.25) is 0 Å². The maximum atomic E-state index is 5.68. The highest BCUT2D eigenvalue weighted by molar-refractivity contribution is 7.15. The van der Waals surface area contributed by atoms with Crippen LogP contribution < -0.4 is 5.73 Å². The van der Waals surface area contributed by atoms with Crippen molar-refractivity contribution in [2.45, 2.75) is 27.7 Å². The van der Waals surface area contributed by atoms with Gasteiger partial charge in [-0.15, -0.1) is 16.4 Å². The van der Waals surface area contributed by atoms with Crippen molar-refractivity contribution in [3.8, 4) is 11.3 Å². The predicted molar refractivity (Wildman–Crippen MR) is 79.7 cm³/mol. The summed E-state index contributed by atoms with van der Waals surface area (Å²) in [6, 6.07) is 2.23. The molecule has 0 saturated carbocycles. The van der Waals surface area contributed by atoms with Crippen molar-refractivity contribution in [1.29, 1.82) is 0 Å². The molecule has 0 amide bonds. The maximum Gasteiger partial charge on any atom is 0.241 e. The molecule has 2 aromatic heterocycles. The minimum absolute atomic E-state index is 0.327. The second-order valence-corrected chi connectivity index (χ2v) is 5.76. The molecule has 0 unspecified atom stereocenters. The van der Waals surface area contributed by atoms with Crippen LogP contribution in [0.3, 0.4) is 0 Å². The maximum absolute atomic E-state index is 5.68. The van der Waals surface area contributed by atoms with E-state index in [1.165, 1.54) is 27.8 Å². The summed E-state index contributed by atoms with van der Waals surface area (Å²) in [6.07, 6.45) is 0. The highest BCUT2D eigenvalue weighted by Gasteiger charge is 2.16. The van der Waals surface area contributed by atoms with E-state index in [2.05, 4.69) is 49.2 Å². The van der Waals surface area contributed by atoms with Gasteiger partial charge in [0.05, 0.1) is 5.69 Å². The van der Waals surface area contributed by atoms with Crippen LogP contribution in [-0.2, 0) is 0 Å². The molecule has 0 fully saturated rings. The second-order valence-electron chi connectivity index (χ2n) is 4.92. The van der Waals surface area contributed by atoms with Crippen LogP contribution in [0.4, 0.5) is 5.95 Å². The second kappa shape index (κ2) is 4.06. The Morgan fingerprint density at radius 3 is 2.37 bits per heavy atom. The van der Waals surface area contributed by atoms with E-state index < -0.39 is 0 Å². The van der Waals surface area contributed by atoms with Gasteiger partial charge < -0.3 is 5.73 Å². The lowest BCUT2D eigenvalue weighted by atomic mass is 9.93. The number of hydrogen-bond donors (Lipinski definition) is 1. The number of nitrogens with zero attached hydrogens (tertiary/aromatic N) is 3. The van der Waals surface area contributed by atoms with Crippen LogP contribution >= 0.6 is 11.3 Å². The summed E-state index contributed by atoms with van der Waals surface area (Å²) in [5, 5.41) is 6.38. The van der Waals surface area contributed by atoms with Crippen molar-refractivity contribution in [1.82, 2.24) is 14.6 Å². The standard InChI is InChI=1S/C14H16N4S/c1-7-5-8(2)10(4)12(9(7)3)11-6-19-14-16-13(15)17-18(11)14/h5-6H,1-4H3,(H2,15,17). The number of thiazole rings is 1. The molecule has 0 atom stereocenters. The van der Waals surface area contributed by atoms with Gasteiger partial charge in [-0.1, -0.05) is 6.07 Å². The Kier molecular flexibility index (Phi) is 2.60. The van der Waals surface area contributed by atoms with Gasteiger partial charge in [-0.05, 0) is 49.9 Å². The number of nitrogen functional groups attached to an aromatic ring is 1. The molecule has 0 aliphatic heterocycles. The molecule has 3 rings (SSSR count). The molecule has 2 N–H and O–H groups in total. The predicted octanol–water partition coefficient (Wildman–Crippen LogP) is 3.27. The fourth-order valence-electron chi connectivity index (χ4n) is 2.47. The average Bonchev–Trinajstić information content (AvgIpc) is 2.87. The number of anilines is 1. The molecule has 4 nitrogen and oxygen atoms in total. The molecular formula is C14H16N4S. The van der Waals surface area contributed by atoms with Crippen molar-refractivity contribution in [2.75, 3.05) is 5.73 Å². The Morgan fingerprint density at radius 2 is 1.74 bits per heavy atom. The van der Waals surface area contributed by atoms with Crippen LogP contribution in [0, 0.1) is 27.7 Å². The van der Waals surface area contributed by atoms with Crippen LogP contribution in [0.25, 0.3) is 16.2 Å². The largest absolute Gasteiger partial charge is 0.366 e. The highest BCUT2D eigenvalue weighted by atomic mass is 32.1. The van der Waals surface area contributed by atoms with Crippen molar-refractivity contribution < 1.29 is 0 Å². The highest BCUT2D eigenvalue weighted by Crippen LogP contribution is 2.33. The van der Waals surface area contributed by atoms with Gasteiger partial charge in [0.15, 0.2) is 0 Å². The van der Waals surface area contributed by atoms with E-state index in [-0.39, 0.29) is 0 Å². The monoisotopic (exact) mass is 272 g/mol. The molecule has 0 spiro atoms. The average molecular weight is 272 g/mol. The van der Waals surface area contributed by atoms with Crippen molar-refractivity contribution in [3.05, 3.63) is 33.7 Å². The first kappa shape index (κ1) is 12.2. The lowest BCUT2D eigenvalue weighted by molar-refractivity contribution is 0.987. The van der Waals surface area contributed by atoms with Crippen molar-refractivity contribution in [3.63, 3.8) is 0 Å². The molecule has 3 aromatic rings. The molecule has 1 aromatic carbocycles. The Balaban J connectivity index is 2.38. The Bertz CT molecular complexity index is 756. The quantitative estimate of drug-likeness (QED) is 0.739. The van der Waals surface area contributed by atoms with Gasteiger partial charge in [0, 0.05) is 10.9 Å². The third kappa shape index (κ3) is 1.73. The molecule has 0 aliphatic rings. The third-order valence-corrected chi connectivity index (χ3v) is 4.54. The van der Waals surface area contributed by atoms with E-state index in [9.17, 15) is 0 Å². The zero-order valence-electron chi connectivity index (χ0n) is 11.5. The zero-order chi connectivity index (χ0) is 13.7. The zero-order valence-corrected chi connectivity index (χ0v) is 12.3. The van der Waals surface area contributed by atoms with E-state index in [4.69, 9.17) is 5.73 Å². The lowest BCUT2D eigenvalue weighted by Crippen LogP contribution is -1.98. The third-order valence-electron chi connectivity index (χ3n) is 3.72. The van der Waals surface area contributed by atoms with E-state index in [1.807, 2.05) is 4.52 Å². The fourth-order valence-corrected chi connectivity index (χ4v) is 3.29. The van der Waals surface area contributed by atoms with E-state index in [1.54, 1.807) is 11.3 Å². The number of benzene rings is 1. The van der Waals surface area contributed by atoms with Gasteiger partial charge in [-0.25, -0.2) is 4.52 Å². The Hall–Kier alpha value is -1.88. The van der Waals surface area contributed by atoms with E-state index >= 15 is 0 Å². The minimum Gasteiger partial charge on any atom is -0.366 e. The lowest BCUT2D eigenvalue weighted by Gasteiger charge is -2.14. The number of aryl methyl sites for hydroxylation is 2. The van der Waals surface area contributed by atoms with Gasteiger partial charge in [-0.2, -0.15) is 4.98 Å². The number of nitrogens with two attached hydrogens (primary N) is 1. The Labute approximate surface area is 115 Å². The summed E-state index contributed by atoms with van der Waals surface area (Å²) < 4.78 is 1.84. The molecule has 0 aliphatic carbocycles. The molecule has 0 saturated heterocycles. The smallest absolute Gasteiger partial charge is 0.241 e. The van der Waals surface area contributed by atoms with Gasteiger partial charge in [0.25, 0.3) is 0 Å². The molecule has 2 heterocycles. The topological polar surface area (TPSA) is 56.2 Å². The summed E-state index contributed by atoms with van der Waals surface area (Å²) in [7, 11) is 0. The molecule has 5 heteroatoms. The number of aromatic nitrogens is 3. The van der Waals surface area contributed by atoms with Crippen molar-refractivity contribution >= 4 is 22.2 Å². The summed E-state index contributed by atoms with van der Waals surface area (Å²) in [4.78, 5) is 5.05. The van der Waals surface area contributed by atoms with Crippen LogP contribution in [0.1, 0.15) is 22.3 Å². The normalized spacial score (nSPS) is 11.4. The van der Waals surface area contributed by atoms with Crippen LogP contribution in [0.2, 0.25) is 0 Å². The molecule has 98 valence electrons. The van der Waals surface area contributed by atoms with Crippen LogP contribution in [0.15, 0.2) is 11.4 Å². The number of rotatable bonds is 1. The van der Waals surface area contributed by atoms with Gasteiger partial charge in [0.2, 0.25) is 10.9 Å². The van der Waals surface area contributed by atoms with Crippen molar-refractivity contribution in [2.24, 2.45) is 0 Å². The Morgan fingerprint density at radius 1 is 1.11 bits per heavy atom. The van der Waals surface area contributed by atoms with Gasteiger partial charge >= 0.3 is 0 Å². The summed E-state index contributed by atoms with van der Waals surface area (Å²) >= 11 is 1.57. The fraction of sp³-hybridized carbons (Fsp3) is 0.286. The summed E-state index contributed by atoms with van der Waals surface area (Å²) in [5.74, 6) is 0.327. The first-order valence-corrected chi connectivity index (χ1v) is 7.04. The minimum atomic E-state index is 0.327. The SMILES string of the molecule is Cc1cc(C)c(C)c(-c2csc3nc(N)nn23)c1C. The van der Waals surface area contributed by atoms with Crippen LogP contribution in [-0.4, -0.2) is 14.6 Å². The number of fused-ring (bicyclic) bond motifs is 1. The summed E-state index contributed by atoms with van der Waals surface area (Å²) in [6.45, 7) is 8.59. The molecular weight excluding hydrogens is 256 g/mol. The van der Waals surface area contributed by atoms with E-state index in [0.29, 0.717) is 5.95 Å². The summed E-state index contributed by atoms with van der Waals surface area (Å²) in [5.41, 5.74) is 13.2. The number of hydrogen-bond acceptors (Lipinski definition) is 4. The molecule has 0 radical (unpaired) electrons. The first-order chi connectivity index (χ1) is 8.99. The molecule has 0 bridgehead atoms. The van der Waals surface area contributed by atoms with Crippen LogP contribution in [0.5, 0.6) is 0 Å². The van der Waals surface area contributed by atoms with Gasteiger partial charge in [0.1, 0.15) is 0 Å².